The van der Waals surface area contributed by atoms with E-state index in [0.717, 1.165) is 10.8 Å². The number of aryl methyl sites for hydroxylation is 1. The fourth-order valence-corrected chi connectivity index (χ4v) is 4.31. The lowest BCUT2D eigenvalue weighted by Crippen LogP contribution is -2.29. The molecule has 0 fully saturated rings. The summed E-state index contributed by atoms with van der Waals surface area (Å²) in [6.45, 7) is 3.00. The predicted octanol–water partition coefficient (Wildman–Crippen LogP) is 4.72. The second-order valence-corrected chi connectivity index (χ2v) is 8.76. The van der Waals surface area contributed by atoms with Gasteiger partial charge in [-0.15, -0.1) is 0 Å². The lowest BCUT2D eigenvalue weighted by atomic mass is 10.0. The number of rotatable bonds is 6. The van der Waals surface area contributed by atoms with Gasteiger partial charge in [0, 0.05) is 10.7 Å². The maximum atomic E-state index is 13.4. The molecule has 0 aliphatic heterocycles. The third-order valence-corrected chi connectivity index (χ3v) is 6.09. The Morgan fingerprint density at radius 1 is 1.09 bits per heavy atom. The number of pyridine rings is 1. The van der Waals surface area contributed by atoms with Crippen LogP contribution in [0.15, 0.2) is 59.2 Å². The number of carbonyl (C=O) groups is 3. The van der Waals surface area contributed by atoms with E-state index in [1.165, 1.54) is 11.6 Å². The maximum absolute atomic E-state index is 13.4. The van der Waals surface area contributed by atoms with Crippen LogP contribution in [-0.2, 0) is 4.79 Å². The van der Waals surface area contributed by atoms with Crippen LogP contribution in [0.5, 0.6) is 0 Å². The van der Waals surface area contributed by atoms with E-state index in [1.54, 1.807) is 37.4 Å². The first-order valence-corrected chi connectivity index (χ1v) is 11.4. The van der Waals surface area contributed by atoms with Crippen LogP contribution in [-0.4, -0.2) is 38.9 Å². The Morgan fingerprint density at radius 3 is 2.59 bits per heavy atom. The molecule has 0 unspecified atom stereocenters. The van der Waals surface area contributed by atoms with Gasteiger partial charge in [-0.2, -0.15) is 5.10 Å². The Bertz CT molecular complexity index is 1450. The number of ketones is 1. The topological polar surface area (TPSA) is 106 Å². The second-order valence-electron chi connectivity index (χ2n) is 7.56. The molecule has 4 rings (SSSR count). The van der Waals surface area contributed by atoms with E-state index >= 15 is 0 Å². The first-order chi connectivity index (χ1) is 16.3. The fourth-order valence-electron chi connectivity index (χ4n) is 3.44. The van der Waals surface area contributed by atoms with Crippen molar-refractivity contribution in [2.75, 3.05) is 11.9 Å². The van der Waals surface area contributed by atoms with E-state index in [4.69, 9.17) is 11.6 Å². The lowest BCUT2D eigenvalue weighted by Gasteiger charge is -2.16. The number of fused-ring (bicyclic) bond motifs is 1. The first kappa shape index (κ1) is 23.6. The molecule has 0 aliphatic rings. The third-order valence-electron chi connectivity index (χ3n) is 4.97. The monoisotopic (exact) mass is 539 g/mol. The van der Waals surface area contributed by atoms with Crippen molar-refractivity contribution in [1.82, 2.24) is 20.1 Å². The van der Waals surface area contributed by atoms with Crippen molar-refractivity contribution in [1.29, 1.82) is 0 Å². The van der Waals surface area contributed by atoms with Crippen LogP contribution in [0.1, 0.15) is 33.5 Å². The minimum Gasteiger partial charge on any atom is -0.345 e. The van der Waals surface area contributed by atoms with Crippen molar-refractivity contribution < 1.29 is 14.4 Å². The van der Waals surface area contributed by atoms with Crippen molar-refractivity contribution in [3.63, 3.8) is 0 Å². The van der Waals surface area contributed by atoms with E-state index in [1.807, 2.05) is 24.3 Å². The predicted molar refractivity (Wildman–Crippen MR) is 134 cm³/mol. The van der Waals surface area contributed by atoms with Crippen molar-refractivity contribution in [3.8, 4) is 5.82 Å². The normalized spacial score (nSPS) is 10.8. The Labute approximate surface area is 208 Å². The molecule has 0 aliphatic carbocycles. The van der Waals surface area contributed by atoms with E-state index < -0.39 is 11.8 Å². The average Bonchev–Trinajstić information content (AvgIpc) is 3.21. The van der Waals surface area contributed by atoms with Gasteiger partial charge in [0.15, 0.2) is 5.82 Å². The lowest BCUT2D eigenvalue weighted by molar-refractivity contribution is -0.116. The summed E-state index contributed by atoms with van der Waals surface area (Å²) >= 11 is 9.82. The highest BCUT2D eigenvalue weighted by molar-refractivity contribution is 9.10. The molecule has 0 radical (unpaired) electrons. The van der Waals surface area contributed by atoms with Crippen LogP contribution in [0, 0.1) is 6.92 Å². The molecule has 0 saturated heterocycles. The van der Waals surface area contributed by atoms with Gasteiger partial charge in [-0.25, -0.2) is 9.67 Å². The number of Topliss-reactive ketones (excluding diaryl/α,β-unsaturated/α-hetero) is 1. The van der Waals surface area contributed by atoms with Gasteiger partial charge in [-0.1, -0.05) is 35.9 Å². The highest BCUT2D eigenvalue weighted by Crippen LogP contribution is 2.35. The third kappa shape index (κ3) is 4.71. The van der Waals surface area contributed by atoms with Crippen molar-refractivity contribution in [3.05, 3.63) is 81.2 Å². The van der Waals surface area contributed by atoms with Crippen LogP contribution < -0.4 is 10.6 Å². The zero-order chi connectivity index (χ0) is 24.4. The van der Waals surface area contributed by atoms with Gasteiger partial charge < -0.3 is 10.6 Å². The zero-order valence-electron chi connectivity index (χ0n) is 18.2. The highest BCUT2D eigenvalue weighted by Gasteiger charge is 2.23. The smallest absolute Gasteiger partial charge is 0.274 e. The first-order valence-electron chi connectivity index (χ1n) is 10.2. The summed E-state index contributed by atoms with van der Waals surface area (Å²) in [6.07, 6.45) is 1.55. The van der Waals surface area contributed by atoms with Gasteiger partial charge in [0.05, 0.1) is 28.5 Å². The van der Waals surface area contributed by atoms with E-state index in [-0.39, 0.29) is 29.3 Å². The number of carbonyl (C=O) groups excluding carboxylic acids is 3. The molecule has 2 aromatic heterocycles. The standard InChI is InChI=1S/C24H19BrClN5O3/c1-13-10-19(31(30-13)22-18(26)8-5-9-27-22)24(34)29-21-17(23(33)28-12-14(2)32)11-15-6-3-4-7-16(15)20(21)25/h3-11H,12H2,1-2H3,(H,28,33)(H,29,34). The van der Waals surface area contributed by atoms with Crippen molar-refractivity contribution in [2.24, 2.45) is 0 Å². The fraction of sp³-hybridized carbons (Fsp3) is 0.125. The molecule has 34 heavy (non-hydrogen) atoms. The van der Waals surface area contributed by atoms with Crippen molar-refractivity contribution >= 4 is 61.6 Å². The second kappa shape index (κ2) is 9.74. The number of benzene rings is 2. The number of nitrogens with zero attached hydrogens (tertiary/aromatic N) is 3. The quantitative estimate of drug-likeness (QED) is 0.368. The highest BCUT2D eigenvalue weighted by atomic mass is 79.9. The Kier molecular flexibility index (Phi) is 6.76. The molecule has 0 spiro atoms. The van der Waals surface area contributed by atoms with E-state index in [0.29, 0.717) is 21.0 Å². The molecule has 4 aromatic rings. The molecule has 2 heterocycles. The molecule has 8 nitrogen and oxygen atoms in total. The molecular weight excluding hydrogens is 522 g/mol. The van der Waals surface area contributed by atoms with Crippen LogP contribution >= 0.6 is 27.5 Å². The molecule has 10 heteroatoms. The average molecular weight is 541 g/mol. The Hall–Kier alpha value is -3.56. The molecule has 2 aromatic carbocycles. The van der Waals surface area contributed by atoms with Gasteiger partial charge in [0.2, 0.25) is 0 Å². The molecular formula is C24H19BrClN5O3. The summed E-state index contributed by atoms with van der Waals surface area (Å²) in [7, 11) is 0. The van der Waals surface area contributed by atoms with Gasteiger partial charge in [-0.3, -0.25) is 14.4 Å². The molecule has 2 amide bonds. The zero-order valence-corrected chi connectivity index (χ0v) is 20.6. The number of aromatic nitrogens is 3. The summed E-state index contributed by atoms with van der Waals surface area (Å²) < 4.78 is 1.89. The molecule has 0 saturated carbocycles. The van der Waals surface area contributed by atoms with E-state index in [9.17, 15) is 14.4 Å². The molecule has 172 valence electrons. The van der Waals surface area contributed by atoms with Crippen LogP contribution in [0.25, 0.3) is 16.6 Å². The van der Waals surface area contributed by atoms with Gasteiger partial charge in [0.25, 0.3) is 11.8 Å². The number of halogens is 2. The van der Waals surface area contributed by atoms with Crippen molar-refractivity contribution in [2.45, 2.75) is 13.8 Å². The maximum Gasteiger partial charge on any atom is 0.274 e. The summed E-state index contributed by atoms with van der Waals surface area (Å²) in [5.41, 5.74) is 1.25. The van der Waals surface area contributed by atoms with Gasteiger partial charge in [0.1, 0.15) is 11.5 Å². The minimum absolute atomic E-state index is 0.124. The summed E-state index contributed by atoms with van der Waals surface area (Å²) in [6, 6.07) is 14.0. The Balaban J connectivity index is 1.79. The van der Waals surface area contributed by atoms with Crippen LogP contribution in [0.2, 0.25) is 5.02 Å². The summed E-state index contributed by atoms with van der Waals surface area (Å²) in [5.74, 6) is -0.891. The number of amides is 2. The SMILES string of the molecule is CC(=O)CNC(=O)c1cc2ccccc2c(Br)c1NC(=O)c1cc(C)nn1-c1ncccc1Cl. The molecule has 2 N–H and O–H groups in total. The number of nitrogens with one attached hydrogen (secondary N) is 2. The minimum atomic E-state index is -0.515. The van der Waals surface area contributed by atoms with Gasteiger partial charge in [-0.05, 0) is 64.8 Å². The largest absolute Gasteiger partial charge is 0.345 e. The Morgan fingerprint density at radius 2 is 1.85 bits per heavy atom. The van der Waals surface area contributed by atoms with Gasteiger partial charge >= 0.3 is 0 Å². The number of hydrogen-bond acceptors (Lipinski definition) is 5. The molecule has 0 atom stereocenters. The van der Waals surface area contributed by atoms with Crippen LogP contribution in [0.4, 0.5) is 5.69 Å². The van der Waals surface area contributed by atoms with Crippen LogP contribution in [0.3, 0.4) is 0 Å². The number of hydrogen-bond donors (Lipinski definition) is 2. The molecule has 0 bridgehead atoms. The number of anilines is 1. The summed E-state index contributed by atoms with van der Waals surface area (Å²) in [4.78, 5) is 42.0. The van der Waals surface area contributed by atoms with E-state index in [2.05, 4.69) is 36.6 Å². The summed E-state index contributed by atoms with van der Waals surface area (Å²) in [5, 5.41) is 11.7.